The summed E-state index contributed by atoms with van der Waals surface area (Å²) in [5, 5.41) is 19.2. The molecule has 0 radical (unpaired) electrons. The summed E-state index contributed by atoms with van der Waals surface area (Å²) in [5.41, 5.74) is 0.317. The molecule has 14 heteroatoms. The van der Waals surface area contributed by atoms with Crippen molar-refractivity contribution in [1.82, 2.24) is 9.78 Å². The van der Waals surface area contributed by atoms with Gasteiger partial charge >= 0.3 is 0 Å². The lowest BCUT2D eigenvalue weighted by Gasteiger charge is -2.07. The Labute approximate surface area is 183 Å². The van der Waals surface area contributed by atoms with E-state index >= 15 is 0 Å². The maximum atomic E-state index is 12.7. The highest BCUT2D eigenvalue weighted by atomic mass is 32.2. The van der Waals surface area contributed by atoms with E-state index < -0.39 is 31.9 Å². The summed E-state index contributed by atoms with van der Waals surface area (Å²) in [5.74, 6) is -1.36. The normalized spacial score (nSPS) is 11.7. The lowest BCUT2D eigenvalue weighted by atomic mass is 10.2. The molecular weight excluding hydrogens is 460 g/mol. The Morgan fingerprint density at radius 2 is 1.19 bits per heavy atom. The predicted octanol–water partition coefficient (Wildman–Crippen LogP) is 0.220. The number of amides is 2. The molecule has 0 aliphatic carbocycles. The van der Waals surface area contributed by atoms with Crippen molar-refractivity contribution in [2.45, 2.75) is 9.79 Å². The molecule has 1 aromatic heterocycles. The Morgan fingerprint density at radius 3 is 1.59 bits per heavy atom. The number of carbonyl (C=O) groups excluding carboxylic acids is 2. The molecule has 0 aliphatic rings. The van der Waals surface area contributed by atoms with E-state index in [1.165, 1.54) is 66.5 Å². The SMILES string of the molecule is Cn1cc(C(=O)Nc2ccc(S(N)(=O)=O)cc2)c(C(=O)Nc2ccc(S(N)(=O)=O)cc2)n1. The Hall–Kier alpha value is -3.59. The van der Waals surface area contributed by atoms with Gasteiger partial charge in [-0.3, -0.25) is 14.3 Å². The highest BCUT2D eigenvalue weighted by Gasteiger charge is 2.22. The van der Waals surface area contributed by atoms with Crippen LogP contribution in [0.2, 0.25) is 0 Å². The van der Waals surface area contributed by atoms with Crippen molar-refractivity contribution in [3.05, 3.63) is 66.0 Å². The number of anilines is 2. The van der Waals surface area contributed by atoms with E-state index in [1.54, 1.807) is 0 Å². The molecule has 168 valence electrons. The fourth-order valence-corrected chi connectivity index (χ4v) is 3.70. The van der Waals surface area contributed by atoms with Crippen LogP contribution < -0.4 is 20.9 Å². The van der Waals surface area contributed by atoms with Crippen LogP contribution in [-0.4, -0.2) is 38.4 Å². The molecule has 0 fully saturated rings. The van der Waals surface area contributed by atoms with Gasteiger partial charge in [-0.15, -0.1) is 0 Å². The largest absolute Gasteiger partial charge is 0.322 e. The van der Waals surface area contributed by atoms with Gasteiger partial charge in [0.15, 0.2) is 5.69 Å². The molecule has 0 unspecified atom stereocenters. The van der Waals surface area contributed by atoms with Crippen LogP contribution in [0.15, 0.2) is 64.5 Å². The molecule has 0 bridgehead atoms. The molecule has 0 saturated heterocycles. The Kier molecular flexibility index (Phi) is 6.13. The zero-order valence-corrected chi connectivity index (χ0v) is 18.1. The summed E-state index contributed by atoms with van der Waals surface area (Å²) < 4.78 is 46.6. The number of carbonyl (C=O) groups is 2. The second kappa shape index (κ2) is 8.51. The fraction of sp³-hybridized carbons (Fsp3) is 0.0556. The van der Waals surface area contributed by atoms with Gasteiger partial charge in [0.1, 0.15) is 0 Å². The number of primary sulfonamides is 2. The van der Waals surface area contributed by atoms with Gasteiger partial charge in [-0.1, -0.05) is 0 Å². The maximum Gasteiger partial charge on any atom is 0.276 e. The van der Waals surface area contributed by atoms with Gasteiger partial charge in [-0.05, 0) is 48.5 Å². The summed E-state index contributed by atoms with van der Waals surface area (Å²) in [6, 6.07) is 10.3. The van der Waals surface area contributed by atoms with Crippen molar-refractivity contribution < 1.29 is 26.4 Å². The molecule has 3 rings (SSSR count). The fourth-order valence-electron chi connectivity index (χ4n) is 2.67. The topological polar surface area (TPSA) is 196 Å². The number of rotatable bonds is 6. The third-order valence-electron chi connectivity index (χ3n) is 4.17. The van der Waals surface area contributed by atoms with Crippen LogP contribution in [0, 0.1) is 0 Å². The van der Waals surface area contributed by atoms with Gasteiger partial charge in [-0.2, -0.15) is 5.10 Å². The molecule has 0 spiro atoms. The number of benzene rings is 2. The molecule has 0 aliphatic heterocycles. The van der Waals surface area contributed by atoms with Gasteiger partial charge in [-0.25, -0.2) is 27.1 Å². The van der Waals surface area contributed by atoms with Crippen LogP contribution in [0.4, 0.5) is 11.4 Å². The van der Waals surface area contributed by atoms with Crippen LogP contribution in [0.25, 0.3) is 0 Å². The van der Waals surface area contributed by atoms with Gasteiger partial charge in [0, 0.05) is 24.6 Å². The zero-order chi connectivity index (χ0) is 23.7. The van der Waals surface area contributed by atoms with E-state index in [0.29, 0.717) is 0 Å². The standard InChI is InChI=1S/C18H18N6O6S2/c1-24-10-15(17(25)21-11-2-6-13(7-3-11)31(19,27)28)16(23-24)18(26)22-12-4-8-14(9-5-12)32(20,29)30/h2-10H,1H3,(H,21,25)(H,22,26)(H2,19,27,28)(H2,20,29,30). The monoisotopic (exact) mass is 478 g/mol. The van der Waals surface area contributed by atoms with Gasteiger partial charge < -0.3 is 10.6 Å². The smallest absolute Gasteiger partial charge is 0.276 e. The number of nitrogens with zero attached hydrogens (tertiary/aromatic N) is 2. The van der Waals surface area contributed by atoms with Crippen molar-refractivity contribution in [1.29, 1.82) is 0 Å². The summed E-state index contributed by atoms with van der Waals surface area (Å²) in [4.78, 5) is 25.1. The molecule has 1 heterocycles. The highest BCUT2D eigenvalue weighted by Crippen LogP contribution is 2.17. The number of aromatic nitrogens is 2. The quantitative estimate of drug-likeness (QED) is 0.388. The predicted molar refractivity (Wildman–Crippen MR) is 115 cm³/mol. The zero-order valence-electron chi connectivity index (χ0n) is 16.5. The molecule has 12 nitrogen and oxygen atoms in total. The van der Waals surface area contributed by atoms with Crippen molar-refractivity contribution >= 4 is 43.2 Å². The summed E-state index contributed by atoms with van der Waals surface area (Å²) in [6.07, 6.45) is 1.34. The molecule has 3 aromatic rings. The van der Waals surface area contributed by atoms with E-state index in [4.69, 9.17) is 10.3 Å². The summed E-state index contributed by atoms with van der Waals surface area (Å²) >= 11 is 0. The Morgan fingerprint density at radius 1 is 0.781 bits per heavy atom. The lowest BCUT2D eigenvalue weighted by Crippen LogP contribution is -2.20. The molecule has 2 aromatic carbocycles. The first-order valence-corrected chi connectivity index (χ1v) is 11.9. The number of aryl methyl sites for hydroxylation is 1. The van der Waals surface area contributed by atoms with Crippen LogP contribution >= 0.6 is 0 Å². The summed E-state index contributed by atoms with van der Waals surface area (Å²) in [7, 11) is -6.23. The van der Waals surface area contributed by atoms with Crippen molar-refractivity contribution in [2.24, 2.45) is 17.3 Å². The number of hydrogen-bond acceptors (Lipinski definition) is 7. The number of hydrogen-bond donors (Lipinski definition) is 4. The second-order valence-corrected chi connectivity index (χ2v) is 9.73. The third-order valence-corrected chi connectivity index (χ3v) is 6.03. The van der Waals surface area contributed by atoms with Crippen LogP contribution in [0.5, 0.6) is 0 Å². The van der Waals surface area contributed by atoms with Gasteiger partial charge in [0.2, 0.25) is 20.0 Å². The van der Waals surface area contributed by atoms with Gasteiger partial charge in [0.25, 0.3) is 11.8 Å². The minimum Gasteiger partial charge on any atom is -0.322 e. The summed E-state index contributed by atoms with van der Waals surface area (Å²) in [6.45, 7) is 0. The van der Waals surface area contributed by atoms with E-state index in [0.717, 1.165) is 0 Å². The lowest BCUT2D eigenvalue weighted by molar-refractivity contribution is 0.0988. The van der Waals surface area contributed by atoms with Crippen molar-refractivity contribution in [3.8, 4) is 0 Å². The first kappa shape index (κ1) is 23.1. The molecule has 2 amide bonds. The molecular formula is C18H18N6O6S2. The first-order valence-electron chi connectivity index (χ1n) is 8.76. The Bertz CT molecular complexity index is 1290. The van der Waals surface area contributed by atoms with E-state index in [1.807, 2.05) is 0 Å². The average Bonchev–Trinajstić information content (AvgIpc) is 3.09. The number of nitrogens with two attached hydrogens (primary N) is 2. The van der Waals surface area contributed by atoms with Crippen LogP contribution in [0.3, 0.4) is 0 Å². The molecule has 0 saturated carbocycles. The van der Waals surface area contributed by atoms with E-state index in [9.17, 15) is 26.4 Å². The van der Waals surface area contributed by atoms with Gasteiger partial charge in [0.05, 0.1) is 15.4 Å². The van der Waals surface area contributed by atoms with Crippen molar-refractivity contribution in [3.63, 3.8) is 0 Å². The number of sulfonamides is 2. The number of nitrogens with one attached hydrogen (secondary N) is 2. The molecule has 0 atom stereocenters. The highest BCUT2D eigenvalue weighted by molar-refractivity contribution is 7.89. The average molecular weight is 479 g/mol. The van der Waals surface area contributed by atoms with E-state index in [2.05, 4.69) is 15.7 Å². The Balaban J connectivity index is 1.78. The molecule has 6 N–H and O–H groups in total. The second-order valence-electron chi connectivity index (χ2n) is 6.61. The molecule has 32 heavy (non-hydrogen) atoms. The maximum absolute atomic E-state index is 12.7. The minimum absolute atomic E-state index is 0.0401. The third kappa shape index (κ3) is 5.36. The van der Waals surface area contributed by atoms with E-state index in [-0.39, 0.29) is 32.4 Å². The van der Waals surface area contributed by atoms with Crippen LogP contribution in [-0.2, 0) is 27.1 Å². The minimum atomic E-state index is -3.88. The first-order chi connectivity index (χ1) is 14.8. The van der Waals surface area contributed by atoms with Crippen LogP contribution in [0.1, 0.15) is 20.8 Å². The van der Waals surface area contributed by atoms with Crippen molar-refractivity contribution in [2.75, 3.05) is 10.6 Å².